The first-order valence-corrected chi connectivity index (χ1v) is 8.98. The van der Waals surface area contributed by atoms with Crippen LogP contribution in [-0.4, -0.2) is 40.6 Å². The summed E-state index contributed by atoms with van der Waals surface area (Å²) in [4.78, 5) is 8.09. The molecule has 3 heterocycles. The highest BCUT2D eigenvalue weighted by Crippen LogP contribution is 2.31. The monoisotopic (exact) mass is 369 g/mol. The van der Waals surface area contributed by atoms with Crippen molar-refractivity contribution in [2.45, 2.75) is 26.2 Å². The van der Waals surface area contributed by atoms with Gasteiger partial charge in [0.1, 0.15) is 18.2 Å². The molecular formula is C19H23N5O3. The van der Waals surface area contributed by atoms with Gasteiger partial charge in [0, 0.05) is 36.3 Å². The van der Waals surface area contributed by atoms with Crippen molar-refractivity contribution >= 4 is 22.7 Å². The maximum atomic E-state index is 6.04. The summed E-state index contributed by atoms with van der Waals surface area (Å²) < 4.78 is 19.2. The largest absolute Gasteiger partial charge is 0.488 e. The minimum absolute atomic E-state index is 0.173. The summed E-state index contributed by atoms with van der Waals surface area (Å²) in [6.07, 6.45) is 3.99. The third-order valence-corrected chi connectivity index (χ3v) is 4.63. The molecule has 2 aromatic heterocycles. The van der Waals surface area contributed by atoms with E-state index < -0.39 is 0 Å². The van der Waals surface area contributed by atoms with Crippen LogP contribution in [0.15, 0.2) is 30.6 Å². The van der Waals surface area contributed by atoms with Crippen molar-refractivity contribution in [2.75, 3.05) is 31.3 Å². The highest BCUT2D eigenvalue weighted by Gasteiger charge is 2.18. The van der Waals surface area contributed by atoms with Gasteiger partial charge >= 0.3 is 0 Å². The van der Waals surface area contributed by atoms with Gasteiger partial charge in [-0.25, -0.2) is 4.98 Å². The fourth-order valence-corrected chi connectivity index (χ4v) is 3.27. The van der Waals surface area contributed by atoms with E-state index in [9.17, 15) is 0 Å². The Kier molecular flexibility index (Phi) is 4.83. The second-order valence-electron chi connectivity index (χ2n) is 6.43. The number of aromatic nitrogens is 3. The van der Waals surface area contributed by atoms with Gasteiger partial charge in [-0.2, -0.15) is 4.98 Å². The molecule has 3 aromatic rings. The molecule has 0 saturated carbocycles. The van der Waals surface area contributed by atoms with E-state index in [4.69, 9.17) is 25.7 Å². The van der Waals surface area contributed by atoms with E-state index in [1.807, 2.05) is 6.07 Å². The Morgan fingerprint density at radius 2 is 2.07 bits per heavy atom. The lowest BCUT2D eigenvalue weighted by molar-refractivity contribution is -0.0681. The zero-order valence-corrected chi connectivity index (χ0v) is 15.2. The zero-order chi connectivity index (χ0) is 18.8. The van der Waals surface area contributed by atoms with Crippen molar-refractivity contribution in [1.82, 2.24) is 14.5 Å². The number of anilines is 2. The fourth-order valence-electron chi connectivity index (χ4n) is 3.27. The number of nitrogen functional groups attached to an aromatic ring is 2. The molecule has 1 saturated heterocycles. The summed E-state index contributed by atoms with van der Waals surface area (Å²) in [5.41, 5.74) is 14.6. The molecule has 1 aliphatic heterocycles. The number of fused-ring (bicyclic) bond motifs is 1. The fraction of sp³-hybridized carbons (Fsp3) is 0.368. The molecular weight excluding hydrogens is 346 g/mol. The summed E-state index contributed by atoms with van der Waals surface area (Å²) in [6.45, 7) is 4.54. The SMILES string of the molecule is CCn1ccc2c(OCC3OCCO3)cc(Cc3cnc(N)nc3N)cc21. The molecule has 1 fully saturated rings. The van der Waals surface area contributed by atoms with E-state index in [2.05, 4.69) is 39.8 Å². The Hall–Kier alpha value is -2.84. The van der Waals surface area contributed by atoms with Gasteiger partial charge in [0.25, 0.3) is 0 Å². The number of nitrogens with zero attached hydrogens (tertiary/aromatic N) is 3. The Morgan fingerprint density at radius 1 is 1.26 bits per heavy atom. The molecule has 27 heavy (non-hydrogen) atoms. The summed E-state index contributed by atoms with van der Waals surface area (Å²) in [7, 11) is 0. The predicted octanol–water partition coefficient (Wildman–Crippen LogP) is 1.96. The Balaban J connectivity index is 1.66. The molecule has 0 amide bonds. The van der Waals surface area contributed by atoms with Gasteiger partial charge in [-0.15, -0.1) is 0 Å². The highest BCUT2D eigenvalue weighted by atomic mass is 16.7. The van der Waals surface area contributed by atoms with E-state index >= 15 is 0 Å². The molecule has 0 atom stereocenters. The molecule has 1 aromatic carbocycles. The van der Waals surface area contributed by atoms with Crippen molar-refractivity contribution in [3.8, 4) is 5.75 Å². The normalized spacial score (nSPS) is 14.9. The Labute approximate surface area is 157 Å². The van der Waals surface area contributed by atoms with Crippen LogP contribution < -0.4 is 16.2 Å². The van der Waals surface area contributed by atoms with E-state index in [1.54, 1.807) is 6.20 Å². The van der Waals surface area contributed by atoms with Gasteiger partial charge in [0.2, 0.25) is 5.95 Å². The number of hydrogen-bond acceptors (Lipinski definition) is 7. The average Bonchev–Trinajstić information content (AvgIpc) is 3.31. The van der Waals surface area contributed by atoms with Crippen LogP contribution in [0.2, 0.25) is 0 Å². The first-order valence-electron chi connectivity index (χ1n) is 8.98. The standard InChI is InChI=1S/C19H23N5O3/c1-2-24-4-3-14-15(24)8-12(7-13-10-22-19(21)23-18(13)20)9-16(14)27-11-17-25-5-6-26-17/h3-4,8-10,17H,2,5-7,11H2,1H3,(H4,20,21,22,23). The molecule has 1 aliphatic rings. The van der Waals surface area contributed by atoms with E-state index in [0.29, 0.717) is 32.1 Å². The molecule has 0 unspecified atom stereocenters. The van der Waals surface area contributed by atoms with Gasteiger partial charge < -0.3 is 30.2 Å². The lowest BCUT2D eigenvalue weighted by Crippen LogP contribution is -2.18. The first-order chi connectivity index (χ1) is 13.1. The average molecular weight is 369 g/mol. The maximum Gasteiger partial charge on any atom is 0.221 e. The molecule has 142 valence electrons. The van der Waals surface area contributed by atoms with Crippen LogP contribution in [0.5, 0.6) is 5.75 Å². The molecule has 0 radical (unpaired) electrons. The number of rotatable bonds is 6. The molecule has 8 nitrogen and oxygen atoms in total. The Bertz CT molecular complexity index is 950. The van der Waals surface area contributed by atoms with Gasteiger partial charge in [-0.3, -0.25) is 0 Å². The van der Waals surface area contributed by atoms with Crippen LogP contribution in [0.3, 0.4) is 0 Å². The van der Waals surface area contributed by atoms with Crippen LogP contribution in [0.1, 0.15) is 18.1 Å². The third-order valence-electron chi connectivity index (χ3n) is 4.63. The number of hydrogen-bond donors (Lipinski definition) is 2. The molecule has 4 N–H and O–H groups in total. The lowest BCUT2D eigenvalue weighted by atomic mass is 10.0. The van der Waals surface area contributed by atoms with Gasteiger partial charge in [0.15, 0.2) is 6.29 Å². The van der Waals surface area contributed by atoms with E-state index in [0.717, 1.165) is 34.3 Å². The number of benzene rings is 1. The Morgan fingerprint density at radius 3 is 2.81 bits per heavy atom. The van der Waals surface area contributed by atoms with Gasteiger partial charge in [-0.1, -0.05) is 0 Å². The molecule has 0 bridgehead atoms. The van der Waals surface area contributed by atoms with Crippen molar-refractivity contribution < 1.29 is 14.2 Å². The van der Waals surface area contributed by atoms with Crippen LogP contribution in [0, 0.1) is 0 Å². The molecule has 8 heteroatoms. The van der Waals surface area contributed by atoms with Gasteiger partial charge in [-0.05, 0) is 30.7 Å². The smallest absolute Gasteiger partial charge is 0.221 e. The topological polar surface area (TPSA) is 110 Å². The molecule has 4 rings (SSSR count). The molecule has 0 spiro atoms. The van der Waals surface area contributed by atoms with Gasteiger partial charge in [0.05, 0.1) is 18.7 Å². The predicted molar refractivity (Wildman–Crippen MR) is 102 cm³/mol. The summed E-state index contributed by atoms with van der Waals surface area (Å²) in [6, 6.07) is 6.23. The zero-order valence-electron chi connectivity index (χ0n) is 15.2. The first kappa shape index (κ1) is 17.6. The van der Waals surface area contributed by atoms with Crippen LogP contribution in [0.4, 0.5) is 11.8 Å². The summed E-state index contributed by atoms with van der Waals surface area (Å²) in [5, 5.41) is 1.06. The van der Waals surface area contributed by atoms with Crippen LogP contribution >= 0.6 is 0 Å². The minimum Gasteiger partial charge on any atom is -0.488 e. The van der Waals surface area contributed by atoms with Crippen molar-refractivity contribution in [3.05, 3.63) is 41.7 Å². The quantitative estimate of drug-likeness (QED) is 0.683. The number of ether oxygens (including phenoxy) is 3. The van der Waals surface area contributed by atoms with E-state index in [-0.39, 0.29) is 12.2 Å². The third kappa shape index (κ3) is 3.67. The van der Waals surface area contributed by atoms with Crippen molar-refractivity contribution in [2.24, 2.45) is 0 Å². The maximum absolute atomic E-state index is 6.04. The van der Waals surface area contributed by atoms with E-state index in [1.165, 1.54) is 0 Å². The number of aryl methyl sites for hydroxylation is 1. The highest BCUT2D eigenvalue weighted by molar-refractivity contribution is 5.87. The lowest BCUT2D eigenvalue weighted by Gasteiger charge is -2.14. The second-order valence-corrected chi connectivity index (χ2v) is 6.43. The summed E-state index contributed by atoms with van der Waals surface area (Å²) >= 11 is 0. The number of nitrogens with two attached hydrogens (primary N) is 2. The molecule has 0 aliphatic carbocycles. The van der Waals surface area contributed by atoms with Crippen molar-refractivity contribution in [1.29, 1.82) is 0 Å². The second kappa shape index (κ2) is 7.42. The van der Waals surface area contributed by atoms with Crippen LogP contribution in [-0.2, 0) is 22.4 Å². The van der Waals surface area contributed by atoms with Crippen molar-refractivity contribution in [3.63, 3.8) is 0 Å². The summed E-state index contributed by atoms with van der Waals surface area (Å²) in [5.74, 6) is 1.36. The minimum atomic E-state index is -0.321. The van der Waals surface area contributed by atoms with Crippen LogP contribution in [0.25, 0.3) is 10.9 Å².